The zero-order chi connectivity index (χ0) is 14.5. The molecule has 4 heteroatoms. The smallest absolute Gasteiger partial charge is 0.211 e. The lowest BCUT2D eigenvalue weighted by molar-refractivity contribution is -0.105. The Morgan fingerprint density at radius 1 is 1.50 bits per heavy atom. The highest BCUT2D eigenvalue weighted by Gasteiger charge is 2.19. The number of hydrogen-bond donors (Lipinski definition) is 2. The van der Waals surface area contributed by atoms with Crippen LogP contribution in [0.2, 0.25) is 0 Å². The third-order valence-electron chi connectivity index (χ3n) is 3.42. The molecule has 106 valence electrons. The molecule has 1 saturated carbocycles. The zero-order valence-electron chi connectivity index (χ0n) is 11.8. The molecule has 0 heterocycles. The van der Waals surface area contributed by atoms with E-state index >= 15 is 0 Å². The molecule has 1 aromatic carbocycles. The Morgan fingerprint density at radius 3 is 2.80 bits per heavy atom. The van der Waals surface area contributed by atoms with Crippen LogP contribution in [0.5, 0.6) is 0 Å². The first-order chi connectivity index (χ1) is 9.69. The van der Waals surface area contributed by atoms with Gasteiger partial charge >= 0.3 is 0 Å². The Bertz CT molecular complexity index is 556. The third kappa shape index (κ3) is 3.37. The Balaban J connectivity index is 2.38. The standard InChI is InChI=1S/C16H19FN2O/c1-3-12-8-16(19-10-20)13(9-14(12)17)15(18-2)7-6-11-4-5-11/h8-11,15,18H,3-5H2,1-2H3,(H,19,20). The number of anilines is 1. The number of amides is 1. The van der Waals surface area contributed by atoms with E-state index < -0.39 is 0 Å². The van der Waals surface area contributed by atoms with E-state index in [0.29, 0.717) is 35.6 Å². The van der Waals surface area contributed by atoms with Gasteiger partial charge in [-0.2, -0.15) is 0 Å². The van der Waals surface area contributed by atoms with Crippen LogP contribution in [0.3, 0.4) is 0 Å². The molecule has 0 bridgehead atoms. The van der Waals surface area contributed by atoms with Gasteiger partial charge in [0, 0.05) is 17.2 Å². The first kappa shape index (κ1) is 14.5. The summed E-state index contributed by atoms with van der Waals surface area (Å²) in [6.45, 7) is 1.88. The average molecular weight is 274 g/mol. The van der Waals surface area contributed by atoms with Gasteiger partial charge in [-0.05, 0) is 44.0 Å². The average Bonchev–Trinajstić information content (AvgIpc) is 3.26. The summed E-state index contributed by atoms with van der Waals surface area (Å²) in [5.74, 6) is 6.52. The second-order valence-corrected chi connectivity index (χ2v) is 4.93. The summed E-state index contributed by atoms with van der Waals surface area (Å²) in [7, 11) is 1.78. The highest BCUT2D eigenvalue weighted by Crippen LogP contribution is 2.29. The Morgan fingerprint density at radius 2 is 2.25 bits per heavy atom. The van der Waals surface area contributed by atoms with E-state index in [0.717, 1.165) is 12.8 Å². The summed E-state index contributed by atoms with van der Waals surface area (Å²) in [5.41, 5.74) is 1.87. The Kier molecular flexibility index (Phi) is 4.75. The van der Waals surface area contributed by atoms with Crippen molar-refractivity contribution >= 4 is 12.1 Å². The number of carbonyl (C=O) groups excluding carboxylic acids is 1. The molecule has 1 aliphatic rings. The van der Waals surface area contributed by atoms with Gasteiger partial charge in [0.25, 0.3) is 0 Å². The van der Waals surface area contributed by atoms with Crippen LogP contribution in [-0.4, -0.2) is 13.5 Å². The van der Waals surface area contributed by atoms with E-state index in [1.54, 1.807) is 13.1 Å². The second-order valence-electron chi connectivity index (χ2n) is 4.93. The molecule has 3 nitrogen and oxygen atoms in total. The van der Waals surface area contributed by atoms with Crippen molar-refractivity contribution in [3.8, 4) is 11.8 Å². The summed E-state index contributed by atoms with van der Waals surface area (Å²) < 4.78 is 14.0. The molecule has 1 unspecified atom stereocenters. The lowest BCUT2D eigenvalue weighted by atomic mass is 10.0. The summed E-state index contributed by atoms with van der Waals surface area (Å²) in [4.78, 5) is 10.7. The fourth-order valence-electron chi connectivity index (χ4n) is 2.07. The van der Waals surface area contributed by atoms with Crippen molar-refractivity contribution in [3.05, 3.63) is 29.1 Å². The molecule has 1 fully saturated rings. The maximum absolute atomic E-state index is 14.0. The minimum absolute atomic E-state index is 0.257. The van der Waals surface area contributed by atoms with Crippen molar-refractivity contribution in [3.63, 3.8) is 0 Å². The van der Waals surface area contributed by atoms with Crippen molar-refractivity contribution < 1.29 is 9.18 Å². The first-order valence-corrected chi connectivity index (χ1v) is 6.90. The lowest BCUT2D eigenvalue weighted by Gasteiger charge is -2.16. The maximum atomic E-state index is 14.0. The number of nitrogens with one attached hydrogen (secondary N) is 2. The van der Waals surface area contributed by atoms with Gasteiger partial charge in [0.1, 0.15) is 5.82 Å². The zero-order valence-corrected chi connectivity index (χ0v) is 11.8. The van der Waals surface area contributed by atoms with Crippen molar-refractivity contribution in [2.45, 2.75) is 32.2 Å². The van der Waals surface area contributed by atoms with Crippen LogP contribution < -0.4 is 10.6 Å². The van der Waals surface area contributed by atoms with Crippen molar-refractivity contribution in [2.24, 2.45) is 5.92 Å². The van der Waals surface area contributed by atoms with Gasteiger partial charge in [-0.1, -0.05) is 18.8 Å². The molecule has 0 saturated heterocycles. The minimum atomic E-state index is -0.279. The van der Waals surface area contributed by atoms with Crippen molar-refractivity contribution in [1.29, 1.82) is 0 Å². The number of benzene rings is 1. The predicted octanol–water partition coefficient (Wildman–Crippen LogP) is 2.63. The molecule has 2 N–H and O–H groups in total. The van der Waals surface area contributed by atoms with Crippen LogP contribution >= 0.6 is 0 Å². The van der Waals surface area contributed by atoms with Gasteiger partial charge in [-0.25, -0.2) is 4.39 Å². The monoisotopic (exact) mass is 274 g/mol. The molecule has 1 aromatic rings. The number of carbonyl (C=O) groups is 1. The third-order valence-corrected chi connectivity index (χ3v) is 3.42. The van der Waals surface area contributed by atoms with Gasteiger partial charge in [0.05, 0.1) is 6.04 Å². The first-order valence-electron chi connectivity index (χ1n) is 6.90. The molecule has 2 rings (SSSR count). The molecule has 0 aromatic heterocycles. The SMILES string of the molecule is CCc1cc(NC=O)c(C(C#CC2CC2)NC)cc1F. The number of rotatable bonds is 5. The Hall–Kier alpha value is -1.86. The van der Waals surface area contributed by atoms with Crippen LogP contribution in [0.15, 0.2) is 12.1 Å². The van der Waals surface area contributed by atoms with Gasteiger partial charge in [0.15, 0.2) is 0 Å². The van der Waals surface area contributed by atoms with E-state index in [1.165, 1.54) is 6.07 Å². The van der Waals surface area contributed by atoms with Gasteiger partial charge in [0.2, 0.25) is 6.41 Å². The van der Waals surface area contributed by atoms with Crippen LogP contribution in [0.4, 0.5) is 10.1 Å². The largest absolute Gasteiger partial charge is 0.328 e. The van der Waals surface area contributed by atoms with E-state index in [-0.39, 0.29) is 11.9 Å². The lowest BCUT2D eigenvalue weighted by Crippen LogP contribution is -2.17. The van der Waals surface area contributed by atoms with E-state index in [9.17, 15) is 9.18 Å². The molecule has 1 amide bonds. The highest BCUT2D eigenvalue weighted by molar-refractivity contribution is 5.74. The normalized spacial score (nSPS) is 15.2. The number of halogens is 1. The molecular formula is C16H19FN2O. The highest BCUT2D eigenvalue weighted by atomic mass is 19.1. The van der Waals surface area contributed by atoms with E-state index in [2.05, 4.69) is 22.5 Å². The summed E-state index contributed by atoms with van der Waals surface area (Å²) in [5, 5.41) is 5.71. The van der Waals surface area contributed by atoms with Crippen LogP contribution in [0.1, 0.15) is 36.9 Å². The van der Waals surface area contributed by atoms with Crippen molar-refractivity contribution in [2.75, 3.05) is 12.4 Å². The predicted molar refractivity (Wildman–Crippen MR) is 77.8 cm³/mol. The summed E-state index contributed by atoms with van der Waals surface area (Å²) >= 11 is 0. The van der Waals surface area contributed by atoms with E-state index in [1.807, 2.05) is 6.92 Å². The van der Waals surface area contributed by atoms with Crippen LogP contribution in [0, 0.1) is 23.6 Å². The number of hydrogen-bond acceptors (Lipinski definition) is 2. The van der Waals surface area contributed by atoms with Crippen LogP contribution in [-0.2, 0) is 11.2 Å². The second kappa shape index (κ2) is 6.53. The van der Waals surface area contributed by atoms with Gasteiger partial charge in [-0.15, -0.1) is 0 Å². The van der Waals surface area contributed by atoms with Gasteiger partial charge in [-0.3, -0.25) is 4.79 Å². The molecule has 0 spiro atoms. The van der Waals surface area contributed by atoms with Gasteiger partial charge < -0.3 is 10.6 Å². The topological polar surface area (TPSA) is 41.1 Å². The summed E-state index contributed by atoms with van der Waals surface area (Å²) in [6.07, 6.45) is 3.48. The number of aryl methyl sites for hydroxylation is 1. The molecule has 0 aliphatic heterocycles. The fourth-order valence-corrected chi connectivity index (χ4v) is 2.07. The maximum Gasteiger partial charge on any atom is 0.211 e. The summed E-state index contributed by atoms with van der Waals surface area (Å²) in [6, 6.07) is 2.87. The fraction of sp³-hybridized carbons (Fsp3) is 0.438. The molecule has 1 aliphatic carbocycles. The quantitative estimate of drug-likeness (QED) is 0.640. The van der Waals surface area contributed by atoms with Crippen LogP contribution in [0.25, 0.3) is 0 Å². The molecule has 1 atom stereocenters. The molecule has 20 heavy (non-hydrogen) atoms. The Labute approximate surface area is 119 Å². The van der Waals surface area contributed by atoms with E-state index in [4.69, 9.17) is 0 Å². The molecule has 0 radical (unpaired) electrons. The minimum Gasteiger partial charge on any atom is -0.328 e. The van der Waals surface area contributed by atoms with Crippen molar-refractivity contribution in [1.82, 2.24) is 5.32 Å². The molecular weight excluding hydrogens is 255 g/mol.